The molecule has 5 nitrogen and oxygen atoms in total. The molecule has 5 heteroatoms. The Balaban J connectivity index is 4.27. The van der Waals surface area contributed by atoms with Gasteiger partial charge in [0.1, 0.15) is 6.61 Å². The maximum atomic E-state index is 12.7. The molecule has 1 atom stereocenters. The van der Waals surface area contributed by atoms with Crippen molar-refractivity contribution >= 4 is 11.9 Å². The summed E-state index contributed by atoms with van der Waals surface area (Å²) in [6.07, 6.45) is 71.9. The van der Waals surface area contributed by atoms with Crippen LogP contribution in [-0.4, -0.2) is 37.9 Å². The molecular formula is C59H102O5. The second kappa shape index (κ2) is 54.4. The van der Waals surface area contributed by atoms with Crippen molar-refractivity contribution in [3.05, 3.63) is 85.1 Å². The molecule has 0 rings (SSSR count). The van der Waals surface area contributed by atoms with Crippen LogP contribution in [0.25, 0.3) is 0 Å². The van der Waals surface area contributed by atoms with Gasteiger partial charge in [-0.1, -0.05) is 241 Å². The highest BCUT2D eigenvalue weighted by molar-refractivity contribution is 5.70. The Morgan fingerprint density at radius 2 is 0.734 bits per heavy atom. The van der Waals surface area contributed by atoms with Crippen molar-refractivity contribution in [2.75, 3.05) is 19.8 Å². The molecule has 1 unspecified atom stereocenters. The Morgan fingerprint density at radius 1 is 0.359 bits per heavy atom. The number of carbonyl (C=O) groups is 2. The van der Waals surface area contributed by atoms with E-state index in [1.807, 2.05) is 6.08 Å². The van der Waals surface area contributed by atoms with Crippen LogP contribution in [0.3, 0.4) is 0 Å². The van der Waals surface area contributed by atoms with Gasteiger partial charge in [-0.05, 0) is 83.5 Å². The molecular weight excluding hydrogens is 789 g/mol. The summed E-state index contributed by atoms with van der Waals surface area (Å²) < 4.78 is 17.3. The number of ether oxygens (including phenoxy) is 3. The van der Waals surface area contributed by atoms with Crippen LogP contribution in [-0.2, 0) is 23.8 Å². The zero-order chi connectivity index (χ0) is 46.3. The fourth-order valence-corrected chi connectivity index (χ4v) is 7.41. The van der Waals surface area contributed by atoms with Gasteiger partial charge >= 0.3 is 11.9 Å². The molecule has 0 spiro atoms. The average molecular weight is 891 g/mol. The highest BCUT2D eigenvalue weighted by atomic mass is 16.6. The van der Waals surface area contributed by atoms with E-state index in [0.717, 1.165) is 70.6 Å². The Hall–Kier alpha value is -2.92. The predicted molar refractivity (Wildman–Crippen MR) is 279 cm³/mol. The van der Waals surface area contributed by atoms with Crippen molar-refractivity contribution in [3.63, 3.8) is 0 Å². The van der Waals surface area contributed by atoms with Crippen molar-refractivity contribution < 1.29 is 23.8 Å². The lowest BCUT2D eigenvalue weighted by Gasteiger charge is -2.18. The molecule has 0 saturated carbocycles. The molecule has 0 radical (unpaired) electrons. The molecule has 0 aromatic heterocycles. The molecule has 0 bridgehead atoms. The van der Waals surface area contributed by atoms with E-state index in [-0.39, 0.29) is 25.2 Å². The Labute approximate surface area is 397 Å². The molecule has 0 aliphatic rings. The summed E-state index contributed by atoms with van der Waals surface area (Å²) in [5, 5.41) is 0. The normalized spacial score (nSPS) is 12.9. The minimum Gasteiger partial charge on any atom is -0.462 e. The van der Waals surface area contributed by atoms with E-state index in [1.54, 1.807) is 0 Å². The molecule has 0 aromatic rings. The first-order chi connectivity index (χ1) is 31.6. The SMILES string of the molecule is CC/C=C\C/C=C\C/C=C\C/C=C\C/C=C\C/C=C\CCC(=O)OCC(COCCCCCCCCCCCC/C=C\CCCCCCCC)OC(=O)CCCCCCCCCCC. The summed E-state index contributed by atoms with van der Waals surface area (Å²) in [5.41, 5.74) is 0. The summed E-state index contributed by atoms with van der Waals surface area (Å²) >= 11 is 0. The van der Waals surface area contributed by atoms with Crippen LogP contribution >= 0.6 is 0 Å². The van der Waals surface area contributed by atoms with Gasteiger partial charge in [-0.3, -0.25) is 9.59 Å². The zero-order valence-corrected chi connectivity index (χ0v) is 42.3. The fourth-order valence-electron chi connectivity index (χ4n) is 7.41. The standard InChI is InChI=1S/C59H102O5/c1-4-7-10-13-16-19-21-23-25-27-29-31-33-35-37-39-42-45-48-51-54-62-55-57(64-59(61)53-50-47-44-40-18-15-12-9-6-3)56-63-58(60)52-49-46-43-41-38-36-34-32-30-28-26-24-22-20-17-14-11-8-5-2/h8,11,17,20,23-26,30,32,36,38,43,46,57H,4-7,9-10,12-16,18-19,21-22,27-29,31,33-35,37,39-42,44-45,47-56H2,1-3H3/b11-8-,20-17-,25-23-,26-24-,32-30-,38-36-,46-43-. The number of rotatable bonds is 49. The lowest BCUT2D eigenvalue weighted by atomic mass is 10.1. The van der Waals surface area contributed by atoms with Gasteiger partial charge in [0.2, 0.25) is 0 Å². The number of allylic oxidation sites excluding steroid dienone is 14. The molecule has 0 N–H and O–H groups in total. The molecule has 64 heavy (non-hydrogen) atoms. The van der Waals surface area contributed by atoms with Crippen LogP contribution in [0.2, 0.25) is 0 Å². The van der Waals surface area contributed by atoms with Gasteiger partial charge in [-0.15, -0.1) is 0 Å². The minimum absolute atomic E-state index is 0.0437. The van der Waals surface area contributed by atoms with Crippen molar-refractivity contribution in [2.45, 2.75) is 258 Å². The van der Waals surface area contributed by atoms with E-state index in [1.165, 1.54) is 141 Å². The van der Waals surface area contributed by atoms with Gasteiger partial charge in [0, 0.05) is 19.4 Å². The Bertz CT molecular complexity index is 1190. The van der Waals surface area contributed by atoms with Crippen molar-refractivity contribution in [1.29, 1.82) is 0 Å². The summed E-state index contributed by atoms with van der Waals surface area (Å²) in [6, 6.07) is 0. The van der Waals surface area contributed by atoms with Crippen LogP contribution in [0.5, 0.6) is 0 Å². The fraction of sp³-hybridized carbons (Fsp3) is 0.729. The van der Waals surface area contributed by atoms with Gasteiger partial charge in [-0.2, -0.15) is 0 Å². The molecule has 0 amide bonds. The van der Waals surface area contributed by atoms with Gasteiger partial charge in [0.15, 0.2) is 6.10 Å². The summed E-state index contributed by atoms with van der Waals surface area (Å²) in [5.74, 6) is -0.494. The number of hydrogen-bond acceptors (Lipinski definition) is 5. The number of unbranched alkanes of at least 4 members (excludes halogenated alkanes) is 24. The molecule has 0 aliphatic carbocycles. The van der Waals surface area contributed by atoms with Gasteiger partial charge in [-0.25, -0.2) is 0 Å². The summed E-state index contributed by atoms with van der Waals surface area (Å²) in [7, 11) is 0. The quantitative estimate of drug-likeness (QED) is 0.0346. The number of carbonyl (C=O) groups excluding carboxylic acids is 2. The zero-order valence-electron chi connectivity index (χ0n) is 42.3. The largest absolute Gasteiger partial charge is 0.462 e. The van der Waals surface area contributed by atoms with Gasteiger partial charge in [0.25, 0.3) is 0 Å². The predicted octanol–water partition coefficient (Wildman–Crippen LogP) is 18.5. The van der Waals surface area contributed by atoms with E-state index in [4.69, 9.17) is 14.2 Å². The molecule has 0 aliphatic heterocycles. The maximum Gasteiger partial charge on any atom is 0.306 e. The molecule has 0 fully saturated rings. The Morgan fingerprint density at radius 3 is 1.19 bits per heavy atom. The third kappa shape index (κ3) is 51.7. The highest BCUT2D eigenvalue weighted by Gasteiger charge is 2.17. The van der Waals surface area contributed by atoms with E-state index in [0.29, 0.717) is 25.9 Å². The van der Waals surface area contributed by atoms with Crippen LogP contribution in [0.1, 0.15) is 252 Å². The first-order valence-corrected chi connectivity index (χ1v) is 27.1. The number of esters is 2. The van der Waals surface area contributed by atoms with Crippen LogP contribution in [0.4, 0.5) is 0 Å². The van der Waals surface area contributed by atoms with E-state index >= 15 is 0 Å². The lowest BCUT2D eigenvalue weighted by Crippen LogP contribution is -2.30. The monoisotopic (exact) mass is 891 g/mol. The average Bonchev–Trinajstić information content (AvgIpc) is 3.30. The summed E-state index contributed by atoms with van der Waals surface area (Å²) in [6.45, 7) is 7.63. The second-order valence-electron chi connectivity index (χ2n) is 17.8. The molecule has 0 aromatic carbocycles. The lowest BCUT2D eigenvalue weighted by molar-refractivity contribution is -0.162. The van der Waals surface area contributed by atoms with Crippen LogP contribution < -0.4 is 0 Å². The molecule has 0 saturated heterocycles. The van der Waals surface area contributed by atoms with Gasteiger partial charge in [0.05, 0.1) is 6.61 Å². The van der Waals surface area contributed by atoms with E-state index < -0.39 is 6.10 Å². The molecule has 0 heterocycles. The van der Waals surface area contributed by atoms with Crippen molar-refractivity contribution in [3.8, 4) is 0 Å². The van der Waals surface area contributed by atoms with Crippen LogP contribution in [0, 0.1) is 0 Å². The van der Waals surface area contributed by atoms with Crippen molar-refractivity contribution in [1.82, 2.24) is 0 Å². The number of hydrogen-bond donors (Lipinski definition) is 0. The maximum absolute atomic E-state index is 12.7. The smallest absolute Gasteiger partial charge is 0.306 e. The topological polar surface area (TPSA) is 61.8 Å². The van der Waals surface area contributed by atoms with E-state index in [2.05, 4.69) is 99.8 Å². The van der Waals surface area contributed by atoms with Gasteiger partial charge < -0.3 is 14.2 Å². The minimum atomic E-state index is -0.568. The van der Waals surface area contributed by atoms with E-state index in [9.17, 15) is 9.59 Å². The second-order valence-corrected chi connectivity index (χ2v) is 17.8. The van der Waals surface area contributed by atoms with Crippen molar-refractivity contribution in [2.24, 2.45) is 0 Å². The first kappa shape index (κ1) is 61.1. The summed E-state index contributed by atoms with van der Waals surface area (Å²) in [4.78, 5) is 25.3. The third-order valence-corrected chi connectivity index (χ3v) is 11.4. The molecule has 368 valence electrons. The van der Waals surface area contributed by atoms with Crippen LogP contribution in [0.15, 0.2) is 85.1 Å². The highest BCUT2D eigenvalue weighted by Crippen LogP contribution is 2.14. The Kier molecular flexibility index (Phi) is 51.9. The first-order valence-electron chi connectivity index (χ1n) is 27.1. The third-order valence-electron chi connectivity index (χ3n) is 11.4.